The van der Waals surface area contributed by atoms with E-state index < -0.39 is 30.4 Å². The maximum absolute atomic E-state index is 13.1. The highest BCUT2D eigenvalue weighted by atomic mass is 19.4. The first-order valence-electron chi connectivity index (χ1n) is 5.78. The number of esters is 2. The lowest BCUT2D eigenvalue weighted by Gasteiger charge is -2.25. The molecule has 1 aromatic rings. The Morgan fingerprint density at radius 3 is 1.96 bits per heavy atom. The van der Waals surface area contributed by atoms with Gasteiger partial charge >= 0.3 is 30.4 Å². The fourth-order valence-corrected chi connectivity index (χ4v) is 1.18. The second-order valence-electron chi connectivity index (χ2n) is 3.93. The third-order valence-electron chi connectivity index (χ3n) is 2.23. The summed E-state index contributed by atoms with van der Waals surface area (Å²) in [6.07, 6.45) is -10.5. The van der Waals surface area contributed by atoms with Crippen LogP contribution in [0.15, 0.2) is 42.5 Å². The van der Waals surface area contributed by atoms with Crippen molar-refractivity contribution in [1.82, 2.24) is 0 Å². The van der Waals surface area contributed by atoms with E-state index in [-0.39, 0.29) is 11.8 Å². The molecule has 0 saturated heterocycles. The third-order valence-corrected chi connectivity index (χ3v) is 2.23. The number of halogens is 6. The summed E-state index contributed by atoms with van der Waals surface area (Å²) in [6.45, 7) is 0. The van der Waals surface area contributed by atoms with Gasteiger partial charge in [-0.05, 0) is 12.1 Å². The molecular weight excluding hydrogens is 334 g/mol. The minimum absolute atomic E-state index is 0.0354. The molecule has 0 N–H and O–H groups in total. The van der Waals surface area contributed by atoms with Crippen LogP contribution in [-0.4, -0.2) is 30.4 Å². The molecule has 1 unspecified atom stereocenters. The average molecular weight is 342 g/mol. The summed E-state index contributed by atoms with van der Waals surface area (Å²) >= 11 is 0. The zero-order valence-corrected chi connectivity index (χ0v) is 11.0. The number of rotatable bonds is 5. The van der Waals surface area contributed by atoms with Gasteiger partial charge in [0.25, 0.3) is 0 Å². The van der Waals surface area contributed by atoms with Crippen LogP contribution in [0.2, 0.25) is 0 Å². The monoisotopic (exact) mass is 342 g/mol. The van der Waals surface area contributed by atoms with E-state index in [1.807, 2.05) is 0 Å². The van der Waals surface area contributed by atoms with Crippen molar-refractivity contribution in [2.75, 3.05) is 0 Å². The maximum Gasteiger partial charge on any atom is 0.466 e. The highest BCUT2D eigenvalue weighted by molar-refractivity contribution is 5.92. The van der Waals surface area contributed by atoms with Crippen molar-refractivity contribution in [3.63, 3.8) is 0 Å². The van der Waals surface area contributed by atoms with Crippen LogP contribution < -0.4 is 4.74 Å². The van der Waals surface area contributed by atoms with Crippen LogP contribution in [0.4, 0.5) is 26.3 Å². The molecule has 0 aromatic heterocycles. The molecule has 1 rings (SSSR count). The predicted octanol–water partition coefficient (Wildman–Crippen LogP) is 3.18. The fraction of sp³-hybridized carbons (Fsp3) is 0.231. The summed E-state index contributed by atoms with van der Waals surface area (Å²) < 4.78 is 81.5. The molecule has 1 atom stereocenters. The molecule has 0 heterocycles. The van der Waals surface area contributed by atoms with Gasteiger partial charge in [0.2, 0.25) is 0 Å². The quantitative estimate of drug-likeness (QED) is 0.357. The largest absolute Gasteiger partial charge is 0.466 e. The topological polar surface area (TPSA) is 52.6 Å². The maximum atomic E-state index is 13.1. The number of carbonyl (C=O) groups is 2. The van der Waals surface area contributed by atoms with Gasteiger partial charge in [-0.1, -0.05) is 18.2 Å². The molecule has 0 aliphatic carbocycles. The predicted molar refractivity (Wildman–Crippen MR) is 63.2 cm³/mol. The zero-order chi connectivity index (χ0) is 17.7. The molecule has 0 fully saturated rings. The highest BCUT2D eigenvalue weighted by Crippen LogP contribution is 2.40. The molecular formula is C13H8F6O4. The molecule has 1 aromatic carbocycles. The minimum atomic E-state index is -6.14. The Morgan fingerprint density at radius 1 is 0.957 bits per heavy atom. The molecule has 0 radical (unpaired) electrons. The van der Waals surface area contributed by atoms with Gasteiger partial charge in [-0.2, -0.15) is 17.6 Å². The van der Waals surface area contributed by atoms with Gasteiger partial charge in [0.05, 0.1) is 0 Å². The first-order chi connectivity index (χ1) is 10.6. The van der Waals surface area contributed by atoms with Crippen LogP contribution in [0, 0.1) is 0 Å². The van der Waals surface area contributed by atoms with Crippen LogP contribution in [0.1, 0.15) is 0 Å². The van der Waals surface area contributed by atoms with Gasteiger partial charge in [0.15, 0.2) is 0 Å². The first-order valence-corrected chi connectivity index (χ1v) is 5.78. The fourth-order valence-electron chi connectivity index (χ4n) is 1.18. The normalized spacial score (nSPS) is 14.6. The number of alkyl halides is 6. The van der Waals surface area contributed by atoms with Gasteiger partial charge in [0, 0.05) is 12.2 Å². The standard InChI is InChI=1S/C13H8F6O4/c14-11(15)12(16,13(17,18)19)23-10(21)7-6-9(20)22-8-4-2-1-3-5-8/h1-7,11H/b7-6+. The average Bonchev–Trinajstić information content (AvgIpc) is 2.44. The van der Waals surface area contributed by atoms with Crippen molar-refractivity contribution in [3.8, 4) is 5.75 Å². The summed E-state index contributed by atoms with van der Waals surface area (Å²) in [5.41, 5.74) is 0. The molecule has 23 heavy (non-hydrogen) atoms. The highest BCUT2D eigenvalue weighted by Gasteiger charge is 2.66. The Bertz CT molecular complexity index is 584. The van der Waals surface area contributed by atoms with E-state index in [0.717, 1.165) is 0 Å². The first kappa shape index (κ1) is 18.5. The third kappa shape index (κ3) is 5.01. The molecule has 0 aliphatic heterocycles. The van der Waals surface area contributed by atoms with Gasteiger partial charge in [-0.25, -0.2) is 18.4 Å². The molecule has 0 spiro atoms. The smallest absolute Gasteiger partial charge is 0.423 e. The lowest BCUT2D eigenvalue weighted by molar-refractivity contribution is -0.354. The van der Waals surface area contributed by atoms with Gasteiger partial charge in [-0.3, -0.25) is 0 Å². The van der Waals surface area contributed by atoms with E-state index in [0.29, 0.717) is 6.08 Å². The molecule has 126 valence electrons. The number of carbonyl (C=O) groups excluding carboxylic acids is 2. The Balaban J connectivity index is 2.70. The van der Waals surface area contributed by atoms with E-state index in [1.54, 1.807) is 6.07 Å². The van der Waals surface area contributed by atoms with Gasteiger partial charge in [-0.15, -0.1) is 0 Å². The van der Waals surface area contributed by atoms with Crippen molar-refractivity contribution in [2.45, 2.75) is 18.5 Å². The number of ether oxygens (including phenoxy) is 2. The van der Waals surface area contributed by atoms with Crippen LogP contribution >= 0.6 is 0 Å². The Morgan fingerprint density at radius 2 is 1.48 bits per heavy atom. The van der Waals surface area contributed by atoms with Crippen molar-refractivity contribution in [1.29, 1.82) is 0 Å². The van der Waals surface area contributed by atoms with E-state index in [4.69, 9.17) is 0 Å². The van der Waals surface area contributed by atoms with Crippen molar-refractivity contribution in [3.05, 3.63) is 42.5 Å². The lowest BCUT2D eigenvalue weighted by atomic mass is 10.3. The lowest BCUT2D eigenvalue weighted by Crippen LogP contribution is -2.50. The molecule has 4 nitrogen and oxygen atoms in total. The summed E-state index contributed by atoms with van der Waals surface area (Å²) in [5, 5.41) is 0. The Labute approximate surface area is 125 Å². The Kier molecular flexibility index (Phi) is 5.77. The number of benzene rings is 1. The SMILES string of the molecule is O=C(/C=C/C(=O)OC(F)(C(F)F)C(F)(F)F)Oc1ccccc1. The van der Waals surface area contributed by atoms with Crippen LogP contribution in [0.3, 0.4) is 0 Å². The molecule has 0 saturated carbocycles. The minimum Gasteiger partial charge on any atom is -0.423 e. The van der Waals surface area contributed by atoms with Crippen LogP contribution in [-0.2, 0) is 14.3 Å². The molecule has 0 aliphatic rings. The van der Waals surface area contributed by atoms with Gasteiger partial charge in [0.1, 0.15) is 5.75 Å². The van der Waals surface area contributed by atoms with E-state index in [1.165, 1.54) is 24.3 Å². The molecule has 10 heteroatoms. The van der Waals surface area contributed by atoms with Gasteiger partial charge < -0.3 is 9.47 Å². The summed E-state index contributed by atoms with van der Waals surface area (Å²) in [7, 11) is 0. The summed E-state index contributed by atoms with van der Waals surface area (Å²) in [4.78, 5) is 22.2. The second kappa shape index (κ2) is 7.16. The van der Waals surface area contributed by atoms with E-state index >= 15 is 0 Å². The molecule has 0 bridgehead atoms. The van der Waals surface area contributed by atoms with E-state index in [9.17, 15) is 35.9 Å². The second-order valence-corrected chi connectivity index (χ2v) is 3.93. The number of para-hydroxylation sites is 1. The van der Waals surface area contributed by atoms with Crippen molar-refractivity contribution in [2.24, 2.45) is 0 Å². The van der Waals surface area contributed by atoms with Crippen molar-refractivity contribution >= 4 is 11.9 Å². The van der Waals surface area contributed by atoms with Crippen LogP contribution in [0.25, 0.3) is 0 Å². The summed E-state index contributed by atoms with van der Waals surface area (Å²) in [5.74, 6) is -8.76. The zero-order valence-electron chi connectivity index (χ0n) is 11.0. The Hall–Kier alpha value is -2.52. The van der Waals surface area contributed by atoms with Crippen molar-refractivity contribution < 1.29 is 45.4 Å². The number of hydrogen-bond donors (Lipinski definition) is 0. The van der Waals surface area contributed by atoms with Crippen LogP contribution in [0.5, 0.6) is 5.75 Å². The van der Waals surface area contributed by atoms with E-state index in [2.05, 4.69) is 9.47 Å². The summed E-state index contributed by atoms with van der Waals surface area (Å²) in [6, 6.07) is 7.33. The number of hydrogen-bond acceptors (Lipinski definition) is 4. The molecule has 0 amide bonds.